The van der Waals surface area contributed by atoms with Crippen molar-refractivity contribution in [1.29, 1.82) is 5.26 Å². The number of anilines is 1. The molecule has 1 amide bonds. The first-order chi connectivity index (χ1) is 16.1. The molecule has 0 radical (unpaired) electrons. The number of carbonyl (C=O) groups is 1. The van der Waals surface area contributed by atoms with Crippen molar-refractivity contribution < 1.29 is 23.1 Å². The number of benzene rings is 1. The Labute approximate surface area is 192 Å². The molecule has 0 N–H and O–H groups in total. The van der Waals surface area contributed by atoms with Crippen LogP contribution >= 0.6 is 0 Å². The van der Waals surface area contributed by atoms with Crippen LogP contribution in [0.15, 0.2) is 45.2 Å². The molecule has 0 bridgehead atoms. The summed E-state index contributed by atoms with van der Waals surface area (Å²) in [6.45, 7) is 4.57. The number of amides is 1. The summed E-state index contributed by atoms with van der Waals surface area (Å²) in [4.78, 5) is 20.2. The van der Waals surface area contributed by atoms with Crippen molar-refractivity contribution in [2.24, 2.45) is 0 Å². The van der Waals surface area contributed by atoms with Crippen LogP contribution in [0.2, 0.25) is 0 Å². The quantitative estimate of drug-likeness (QED) is 0.510. The van der Waals surface area contributed by atoms with Crippen LogP contribution in [0.1, 0.15) is 31.2 Å². The highest BCUT2D eigenvalue weighted by molar-refractivity contribution is 5.76. The number of oxazole rings is 1. The van der Waals surface area contributed by atoms with Gasteiger partial charge in [-0.3, -0.25) is 4.79 Å². The van der Waals surface area contributed by atoms with Crippen molar-refractivity contribution in [2.75, 3.05) is 38.2 Å². The number of hydrogen-bond acceptors (Lipinski definition) is 8. The zero-order valence-corrected chi connectivity index (χ0v) is 18.7. The molecule has 3 aromatic rings. The minimum absolute atomic E-state index is 0.163. The molecule has 1 saturated heterocycles. The molecule has 2 aromatic heterocycles. The summed E-state index contributed by atoms with van der Waals surface area (Å²) in [7, 11) is 1.61. The maximum Gasteiger partial charge on any atom is 0.266 e. The van der Waals surface area contributed by atoms with Gasteiger partial charge in [0.15, 0.2) is 5.76 Å². The Morgan fingerprint density at radius 3 is 2.48 bits per heavy atom. The van der Waals surface area contributed by atoms with Crippen molar-refractivity contribution in [3.63, 3.8) is 0 Å². The van der Waals surface area contributed by atoms with Crippen LogP contribution in [0.5, 0.6) is 11.5 Å². The van der Waals surface area contributed by atoms with E-state index in [0.29, 0.717) is 55.8 Å². The molecule has 1 aliphatic heterocycles. The highest BCUT2D eigenvalue weighted by Crippen LogP contribution is 2.30. The van der Waals surface area contributed by atoms with E-state index in [9.17, 15) is 10.1 Å². The molecule has 0 atom stereocenters. The Bertz CT molecular complexity index is 1120. The molecule has 1 aliphatic rings. The van der Waals surface area contributed by atoms with Crippen LogP contribution in [0.4, 0.5) is 5.88 Å². The smallest absolute Gasteiger partial charge is 0.266 e. The summed E-state index contributed by atoms with van der Waals surface area (Å²) in [6, 6.07) is 12.9. The van der Waals surface area contributed by atoms with E-state index in [4.69, 9.17) is 18.3 Å². The van der Waals surface area contributed by atoms with Gasteiger partial charge in [-0.1, -0.05) is 6.92 Å². The molecule has 172 valence electrons. The topological polar surface area (TPSA) is 105 Å². The van der Waals surface area contributed by atoms with Gasteiger partial charge in [0.2, 0.25) is 17.5 Å². The van der Waals surface area contributed by atoms with Crippen molar-refractivity contribution in [3.05, 3.63) is 47.9 Å². The third kappa shape index (κ3) is 5.12. The summed E-state index contributed by atoms with van der Waals surface area (Å²) in [5, 5.41) is 9.55. The summed E-state index contributed by atoms with van der Waals surface area (Å²) in [5.74, 6) is 3.27. The summed E-state index contributed by atoms with van der Waals surface area (Å²) < 4.78 is 22.6. The van der Waals surface area contributed by atoms with E-state index >= 15 is 0 Å². The van der Waals surface area contributed by atoms with E-state index in [2.05, 4.69) is 11.1 Å². The lowest BCUT2D eigenvalue weighted by molar-refractivity contribution is -0.131. The standard InChI is InChI=1S/C24H26N4O5/c1-3-4-22(29)27-11-13-28(14-12-27)24-20(15-25)26-23(33-24)21-10-9-19(32-21)16-31-18-7-5-17(30-2)6-8-18/h5-10H,3-4,11-14,16H2,1-2H3. The van der Waals surface area contributed by atoms with Crippen molar-refractivity contribution in [3.8, 4) is 29.2 Å². The average molecular weight is 450 g/mol. The van der Waals surface area contributed by atoms with E-state index in [-0.39, 0.29) is 24.1 Å². The third-order valence-electron chi connectivity index (χ3n) is 5.41. The van der Waals surface area contributed by atoms with Crippen LogP contribution < -0.4 is 14.4 Å². The van der Waals surface area contributed by atoms with E-state index in [1.165, 1.54) is 0 Å². The number of furan rings is 1. The van der Waals surface area contributed by atoms with E-state index in [0.717, 1.165) is 12.2 Å². The molecule has 0 unspecified atom stereocenters. The Morgan fingerprint density at radius 1 is 1.09 bits per heavy atom. The first-order valence-corrected chi connectivity index (χ1v) is 10.9. The molecule has 9 nitrogen and oxygen atoms in total. The van der Waals surface area contributed by atoms with Gasteiger partial charge in [-0.25, -0.2) is 0 Å². The molecular weight excluding hydrogens is 424 g/mol. The molecule has 0 spiro atoms. The number of hydrogen-bond donors (Lipinski definition) is 0. The minimum atomic E-state index is 0.163. The number of nitrogens with zero attached hydrogens (tertiary/aromatic N) is 4. The number of nitriles is 1. The first-order valence-electron chi connectivity index (χ1n) is 10.9. The predicted molar refractivity (Wildman–Crippen MR) is 120 cm³/mol. The molecule has 3 heterocycles. The number of ether oxygens (including phenoxy) is 2. The Hall–Kier alpha value is -3.93. The Kier molecular flexibility index (Phi) is 6.83. The minimum Gasteiger partial charge on any atom is -0.497 e. The van der Waals surface area contributed by atoms with Crippen LogP contribution in [0, 0.1) is 11.3 Å². The van der Waals surface area contributed by atoms with E-state index < -0.39 is 0 Å². The van der Waals surface area contributed by atoms with Gasteiger partial charge in [0.05, 0.1) is 7.11 Å². The van der Waals surface area contributed by atoms with Crippen LogP contribution in [-0.2, 0) is 11.4 Å². The fourth-order valence-corrected chi connectivity index (χ4v) is 3.63. The van der Waals surface area contributed by atoms with Crippen LogP contribution in [-0.4, -0.2) is 49.1 Å². The first kappa shape index (κ1) is 22.3. The SMILES string of the molecule is CCCC(=O)N1CCN(c2oc(-c3ccc(COc4ccc(OC)cc4)o3)nc2C#N)CC1. The van der Waals surface area contributed by atoms with Gasteiger partial charge in [0, 0.05) is 32.6 Å². The predicted octanol–water partition coefficient (Wildman–Crippen LogP) is 3.84. The monoisotopic (exact) mass is 450 g/mol. The third-order valence-corrected chi connectivity index (χ3v) is 5.41. The van der Waals surface area contributed by atoms with Gasteiger partial charge in [0.25, 0.3) is 5.89 Å². The Morgan fingerprint density at radius 2 is 1.82 bits per heavy atom. The maximum absolute atomic E-state index is 12.1. The van der Waals surface area contributed by atoms with E-state index in [1.54, 1.807) is 19.2 Å². The number of carbonyl (C=O) groups excluding carboxylic acids is 1. The van der Waals surface area contributed by atoms with Crippen LogP contribution in [0.3, 0.4) is 0 Å². The van der Waals surface area contributed by atoms with Crippen molar-refractivity contribution >= 4 is 11.8 Å². The molecule has 0 aliphatic carbocycles. The van der Waals surface area contributed by atoms with Gasteiger partial charge >= 0.3 is 0 Å². The normalized spacial score (nSPS) is 13.6. The maximum atomic E-state index is 12.1. The Balaban J connectivity index is 1.40. The molecule has 1 aromatic carbocycles. The molecule has 1 fully saturated rings. The van der Waals surface area contributed by atoms with Gasteiger partial charge < -0.3 is 28.1 Å². The molecule has 33 heavy (non-hydrogen) atoms. The van der Waals surface area contributed by atoms with E-state index in [1.807, 2.05) is 41.0 Å². The van der Waals surface area contributed by atoms with Gasteiger partial charge in [-0.2, -0.15) is 10.2 Å². The lowest BCUT2D eigenvalue weighted by atomic mass is 10.2. The molecule has 4 rings (SSSR count). The second kappa shape index (κ2) is 10.1. The van der Waals surface area contributed by atoms with Crippen molar-refractivity contribution in [1.82, 2.24) is 9.88 Å². The average Bonchev–Trinajstić information content (AvgIpc) is 3.50. The zero-order valence-electron chi connectivity index (χ0n) is 18.7. The fourth-order valence-electron chi connectivity index (χ4n) is 3.63. The fraction of sp³-hybridized carbons (Fsp3) is 0.375. The number of piperazine rings is 1. The molecule has 9 heteroatoms. The van der Waals surface area contributed by atoms with Gasteiger partial charge in [-0.15, -0.1) is 0 Å². The largest absolute Gasteiger partial charge is 0.497 e. The highest BCUT2D eigenvalue weighted by Gasteiger charge is 2.27. The van der Waals surface area contributed by atoms with Crippen molar-refractivity contribution in [2.45, 2.75) is 26.4 Å². The molecule has 0 saturated carbocycles. The second-order valence-electron chi connectivity index (χ2n) is 7.63. The molecular formula is C24H26N4O5. The van der Waals surface area contributed by atoms with Crippen LogP contribution in [0.25, 0.3) is 11.7 Å². The highest BCUT2D eigenvalue weighted by atomic mass is 16.5. The summed E-state index contributed by atoms with van der Waals surface area (Å²) in [6.07, 6.45) is 1.39. The summed E-state index contributed by atoms with van der Waals surface area (Å²) in [5.41, 5.74) is 0.200. The number of methoxy groups -OCH3 is 1. The van der Waals surface area contributed by atoms with Gasteiger partial charge in [-0.05, 0) is 42.8 Å². The van der Waals surface area contributed by atoms with Gasteiger partial charge in [0.1, 0.15) is 29.9 Å². The lowest BCUT2D eigenvalue weighted by Gasteiger charge is -2.34. The number of rotatable bonds is 8. The zero-order chi connectivity index (χ0) is 23.2. The number of aromatic nitrogens is 1. The second-order valence-corrected chi connectivity index (χ2v) is 7.63. The lowest BCUT2D eigenvalue weighted by Crippen LogP contribution is -2.48. The summed E-state index contributed by atoms with van der Waals surface area (Å²) >= 11 is 0.